The lowest BCUT2D eigenvalue weighted by Gasteiger charge is -2.09. The third-order valence-corrected chi connectivity index (χ3v) is 2.60. The molecule has 0 aliphatic rings. The van der Waals surface area contributed by atoms with Crippen molar-refractivity contribution in [3.63, 3.8) is 0 Å². The van der Waals surface area contributed by atoms with Crippen LogP contribution in [0.15, 0.2) is 12.1 Å². The number of aromatic hydroxyl groups is 2. The molecule has 0 saturated carbocycles. The van der Waals surface area contributed by atoms with Gasteiger partial charge in [0, 0.05) is 0 Å². The molecule has 0 fully saturated rings. The summed E-state index contributed by atoms with van der Waals surface area (Å²) in [6, 6.07) is 3.13. The highest BCUT2D eigenvalue weighted by Gasteiger charge is 2.11. The number of hydrogen-bond donors (Lipinski definition) is 2. The fourth-order valence-electron chi connectivity index (χ4n) is 1.64. The molecule has 0 heterocycles. The molecule has 1 rings (SSSR count). The number of benzene rings is 1. The van der Waals surface area contributed by atoms with Gasteiger partial charge < -0.3 is 14.9 Å². The molecule has 0 spiro atoms. The summed E-state index contributed by atoms with van der Waals surface area (Å²) >= 11 is 0. The van der Waals surface area contributed by atoms with Gasteiger partial charge in [-0.05, 0) is 30.0 Å². The Hall–Kier alpha value is -1.71. The fraction of sp³-hybridized carbons (Fsp3) is 0.462. The second-order valence-electron chi connectivity index (χ2n) is 3.98. The highest BCUT2D eigenvalue weighted by Crippen LogP contribution is 2.31. The fourth-order valence-corrected chi connectivity index (χ4v) is 1.64. The minimum Gasteiger partial charge on any atom is -0.504 e. The molecule has 17 heavy (non-hydrogen) atoms. The molecule has 0 unspecified atom stereocenters. The number of phenols is 2. The normalized spacial score (nSPS) is 10.2. The Morgan fingerprint density at radius 1 is 1.35 bits per heavy atom. The Kier molecular flexibility index (Phi) is 4.82. The molecule has 1 aromatic rings. The molecule has 0 radical (unpaired) electrons. The van der Waals surface area contributed by atoms with E-state index in [1.807, 2.05) is 0 Å². The van der Waals surface area contributed by atoms with Crippen LogP contribution in [-0.4, -0.2) is 23.3 Å². The van der Waals surface area contributed by atoms with Gasteiger partial charge in [-0.1, -0.05) is 19.4 Å². The topological polar surface area (TPSA) is 66.8 Å². The monoisotopic (exact) mass is 238 g/mol. The largest absolute Gasteiger partial charge is 0.504 e. The van der Waals surface area contributed by atoms with E-state index in [0.717, 1.165) is 12.8 Å². The minimum atomic E-state index is -0.364. The van der Waals surface area contributed by atoms with Crippen LogP contribution < -0.4 is 0 Å². The van der Waals surface area contributed by atoms with E-state index in [1.54, 1.807) is 6.07 Å². The lowest BCUT2D eigenvalue weighted by molar-refractivity contribution is -0.139. The van der Waals surface area contributed by atoms with E-state index in [0.29, 0.717) is 17.5 Å². The van der Waals surface area contributed by atoms with Crippen molar-refractivity contribution in [3.05, 3.63) is 23.3 Å². The molecule has 0 saturated heterocycles. The summed E-state index contributed by atoms with van der Waals surface area (Å²) in [5.74, 6) is -0.638. The number of rotatable bonds is 5. The molecule has 0 bridgehead atoms. The number of carbonyl (C=O) groups is 1. The van der Waals surface area contributed by atoms with E-state index in [9.17, 15) is 15.0 Å². The number of hydrogen-bond acceptors (Lipinski definition) is 4. The van der Waals surface area contributed by atoms with Crippen molar-refractivity contribution in [2.75, 3.05) is 7.11 Å². The van der Waals surface area contributed by atoms with Gasteiger partial charge in [0.05, 0.1) is 13.5 Å². The Balaban J connectivity index is 2.93. The second-order valence-corrected chi connectivity index (χ2v) is 3.98. The molecule has 0 atom stereocenters. The summed E-state index contributed by atoms with van der Waals surface area (Å²) in [5, 5.41) is 19.2. The summed E-state index contributed by atoms with van der Waals surface area (Å²) < 4.78 is 4.56. The van der Waals surface area contributed by atoms with Crippen molar-refractivity contribution in [2.45, 2.75) is 32.6 Å². The first-order valence-corrected chi connectivity index (χ1v) is 5.69. The molecular formula is C13H18O4. The maximum atomic E-state index is 11.1. The quantitative estimate of drug-likeness (QED) is 0.609. The molecule has 1 aromatic carbocycles. The van der Waals surface area contributed by atoms with Crippen LogP contribution >= 0.6 is 0 Å². The predicted octanol–water partition coefficient (Wildman–Crippen LogP) is 2.16. The number of esters is 1. The molecule has 0 aliphatic carbocycles. The van der Waals surface area contributed by atoms with Crippen molar-refractivity contribution in [1.29, 1.82) is 0 Å². The van der Waals surface area contributed by atoms with E-state index < -0.39 is 0 Å². The lowest BCUT2D eigenvalue weighted by atomic mass is 10.0. The Bertz CT molecular complexity index is 399. The highest BCUT2D eigenvalue weighted by atomic mass is 16.5. The van der Waals surface area contributed by atoms with E-state index >= 15 is 0 Å². The summed E-state index contributed by atoms with van der Waals surface area (Å²) in [5.41, 5.74) is 1.32. The maximum Gasteiger partial charge on any atom is 0.309 e. The number of methoxy groups -OCH3 is 1. The number of phenolic OH excluding ortho intramolecular Hbond substituents is 2. The van der Waals surface area contributed by atoms with E-state index in [1.165, 1.54) is 13.2 Å². The summed E-state index contributed by atoms with van der Waals surface area (Å²) in [6.07, 6.45) is 2.71. The summed E-state index contributed by atoms with van der Waals surface area (Å²) in [4.78, 5) is 11.1. The molecule has 94 valence electrons. The lowest BCUT2D eigenvalue weighted by Crippen LogP contribution is -2.05. The first-order valence-electron chi connectivity index (χ1n) is 5.69. The SMILES string of the molecule is CCCCc1cc(CC(=O)OC)cc(O)c1O. The van der Waals surface area contributed by atoms with Crippen LogP contribution in [0.25, 0.3) is 0 Å². The van der Waals surface area contributed by atoms with Crippen molar-refractivity contribution >= 4 is 5.97 Å². The van der Waals surface area contributed by atoms with Crippen molar-refractivity contribution in [3.8, 4) is 11.5 Å². The first kappa shape index (κ1) is 13.4. The Morgan fingerprint density at radius 3 is 2.65 bits per heavy atom. The molecule has 0 aliphatic heterocycles. The zero-order valence-corrected chi connectivity index (χ0v) is 10.2. The second kappa shape index (κ2) is 6.13. The molecule has 4 heteroatoms. The number of aryl methyl sites for hydroxylation is 1. The average Bonchev–Trinajstić information content (AvgIpc) is 2.31. The first-order chi connectivity index (χ1) is 8.08. The van der Waals surface area contributed by atoms with E-state index in [-0.39, 0.29) is 23.9 Å². The minimum absolute atomic E-state index is 0.0907. The van der Waals surface area contributed by atoms with Crippen LogP contribution in [0.5, 0.6) is 11.5 Å². The summed E-state index contributed by atoms with van der Waals surface area (Å²) in [6.45, 7) is 2.05. The number of ether oxygens (including phenoxy) is 1. The van der Waals surface area contributed by atoms with Crippen molar-refractivity contribution in [2.24, 2.45) is 0 Å². The van der Waals surface area contributed by atoms with Gasteiger partial charge in [-0.25, -0.2) is 0 Å². The standard InChI is InChI=1S/C13H18O4/c1-3-4-5-10-6-9(8-12(15)17-2)7-11(14)13(10)16/h6-7,14,16H,3-5,8H2,1-2H3. The zero-order chi connectivity index (χ0) is 12.8. The Labute approximate surface area is 101 Å². The van der Waals surface area contributed by atoms with Crippen LogP contribution in [0, 0.1) is 0 Å². The molecular weight excluding hydrogens is 220 g/mol. The molecule has 0 amide bonds. The average molecular weight is 238 g/mol. The van der Waals surface area contributed by atoms with E-state index in [4.69, 9.17) is 0 Å². The van der Waals surface area contributed by atoms with Crippen LogP contribution in [0.4, 0.5) is 0 Å². The maximum absolute atomic E-state index is 11.1. The van der Waals surface area contributed by atoms with Crippen LogP contribution in [-0.2, 0) is 22.4 Å². The Morgan fingerprint density at radius 2 is 2.06 bits per heavy atom. The predicted molar refractivity (Wildman–Crippen MR) is 64.1 cm³/mol. The van der Waals surface area contributed by atoms with Crippen molar-refractivity contribution in [1.82, 2.24) is 0 Å². The van der Waals surface area contributed by atoms with Gasteiger partial charge in [0.15, 0.2) is 11.5 Å². The van der Waals surface area contributed by atoms with Crippen LogP contribution in [0.1, 0.15) is 30.9 Å². The molecule has 2 N–H and O–H groups in total. The van der Waals surface area contributed by atoms with Gasteiger partial charge >= 0.3 is 5.97 Å². The van der Waals surface area contributed by atoms with Crippen molar-refractivity contribution < 1.29 is 19.7 Å². The zero-order valence-electron chi connectivity index (χ0n) is 10.2. The molecule has 0 aromatic heterocycles. The van der Waals surface area contributed by atoms with Gasteiger partial charge in [0.1, 0.15) is 0 Å². The third kappa shape index (κ3) is 3.66. The van der Waals surface area contributed by atoms with Gasteiger partial charge in [-0.15, -0.1) is 0 Å². The van der Waals surface area contributed by atoms with Gasteiger partial charge in [-0.3, -0.25) is 4.79 Å². The van der Waals surface area contributed by atoms with Crippen LogP contribution in [0.3, 0.4) is 0 Å². The van der Waals surface area contributed by atoms with Gasteiger partial charge in [0.2, 0.25) is 0 Å². The van der Waals surface area contributed by atoms with E-state index in [2.05, 4.69) is 11.7 Å². The third-order valence-electron chi connectivity index (χ3n) is 2.60. The smallest absolute Gasteiger partial charge is 0.309 e. The number of unbranched alkanes of at least 4 members (excludes halogenated alkanes) is 1. The highest BCUT2D eigenvalue weighted by molar-refractivity contribution is 5.73. The molecule has 4 nitrogen and oxygen atoms in total. The van der Waals surface area contributed by atoms with Gasteiger partial charge in [-0.2, -0.15) is 0 Å². The van der Waals surface area contributed by atoms with Crippen LogP contribution in [0.2, 0.25) is 0 Å². The summed E-state index contributed by atoms with van der Waals surface area (Å²) in [7, 11) is 1.32. The number of carbonyl (C=O) groups excluding carboxylic acids is 1. The van der Waals surface area contributed by atoms with Gasteiger partial charge in [0.25, 0.3) is 0 Å².